The van der Waals surface area contributed by atoms with Gasteiger partial charge in [-0.1, -0.05) is 108 Å². The standard InChI is InChI=1S/C55H75N3O14/c1-9-11-16-27-54(28-17-12-10-2)70-43-40-31-55(51(65)57(8)39(30-35-19-14-13-15-20-35)48(62)56-38(33-59)24-26-42(61)69-52(3,4)5)45(49(63)67-40)58(72-46(55)44(43)71-54)32-37-22-18-21-36(29-37)23-25-41(60)68-47-50(64)66-34-53(47,6)7/h13-15,18-23,25,29,38-40,43-47,59H,9-12,16-17,24,26-28,30-34H2,1-8H3,(H,56,62)/t38-,39+,40?,43-,44-,45-,46+,47-,55?/m0/s1. The Bertz CT molecular complexity index is 2290. The van der Waals surface area contributed by atoms with Gasteiger partial charge >= 0.3 is 23.9 Å². The van der Waals surface area contributed by atoms with E-state index in [-0.39, 0.29) is 38.8 Å². The lowest BCUT2D eigenvalue weighted by Gasteiger charge is -2.50. The van der Waals surface area contributed by atoms with Crippen LogP contribution in [0.1, 0.15) is 136 Å². The maximum atomic E-state index is 16.0. The number of likely N-dealkylation sites (N-methyl/N-ethyl adjacent to an activating group) is 1. The quantitative estimate of drug-likeness (QED) is 0.0542. The van der Waals surface area contributed by atoms with Gasteiger partial charge in [-0.15, -0.1) is 0 Å². The van der Waals surface area contributed by atoms with E-state index < -0.39 is 113 Å². The molecule has 5 fully saturated rings. The molecule has 2 aromatic carbocycles. The van der Waals surface area contributed by atoms with Crippen molar-refractivity contribution >= 4 is 41.8 Å². The van der Waals surface area contributed by atoms with Gasteiger partial charge in [0.1, 0.15) is 48.1 Å². The predicted octanol–water partition coefficient (Wildman–Crippen LogP) is 6.30. The lowest BCUT2D eigenvalue weighted by molar-refractivity contribution is -0.225. The molecule has 2 N–H and O–H groups in total. The van der Waals surface area contributed by atoms with Gasteiger partial charge in [0.25, 0.3) is 0 Å². The number of hydrogen-bond acceptors (Lipinski definition) is 15. The molecule has 0 aromatic heterocycles. The second-order valence-electron chi connectivity index (χ2n) is 21.8. The third-order valence-electron chi connectivity index (χ3n) is 14.5. The van der Waals surface area contributed by atoms with E-state index in [1.165, 1.54) is 16.0 Å². The zero-order chi connectivity index (χ0) is 52.0. The summed E-state index contributed by atoms with van der Waals surface area (Å²) in [6.45, 7) is 12.8. The van der Waals surface area contributed by atoms with Gasteiger partial charge in [-0.05, 0) is 62.8 Å². The van der Waals surface area contributed by atoms with Crippen molar-refractivity contribution in [3.8, 4) is 0 Å². The summed E-state index contributed by atoms with van der Waals surface area (Å²) >= 11 is 0. The summed E-state index contributed by atoms with van der Waals surface area (Å²) in [5, 5.41) is 14.8. The molecule has 2 bridgehead atoms. The molecule has 9 atom stereocenters. The van der Waals surface area contributed by atoms with Crippen LogP contribution in [0.2, 0.25) is 0 Å². The molecule has 1 saturated carbocycles. The fourth-order valence-electron chi connectivity index (χ4n) is 10.8. The van der Waals surface area contributed by atoms with Crippen LogP contribution in [-0.4, -0.2) is 131 Å². The highest BCUT2D eigenvalue weighted by Crippen LogP contribution is 2.58. The van der Waals surface area contributed by atoms with Crippen molar-refractivity contribution in [2.24, 2.45) is 10.8 Å². The molecule has 72 heavy (non-hydrogen) atoms. The molecule has 4 heterocycles. The molecule has 17 heteroatoms. The summed E-state index contributed by atoms with van der Waals surface area (Å²) in [7, 11) is 1.55. The first-order valence-electron chi connectivity index (χ1n) is 25.8. The van der Waals surface area contributed by atoms with E-state index in [0.717, 1.165) is 44.1 Å². The minimum atomic E-state index is -1.62. The highest BCUT2D eigenvalue weighted by Gasteiger charge is 2.77. The van der Waals surface area contributed by atoms with Gasteiger partial charge in [0.15, 0.2) is 11.8 Å². The number of nitrogens with one attached hydrogen (secondary N) is 1. The Balaban J connectivity index is 1.21. The van der Waals surface area contributed by atoms with Gasteiger partial charge in [0.2, 0.25) is 17.9 Å². The fourth-order valence-corrected chi connectivity index (χ4v) is 10.8. The number of unbranched alkanes of at least 4 members (excludes halogenated alkanes) is 4. The first kappa shape index (κ1) is 54.6. The zero-order valence-electron chi connectivity index (χ0n) is 43.2. The molecule has 1 aliphatic carbocycles. The van der Waals surface area contributed by atoms with Gasteiger partial charge in [0, 0.05) is 50.6 Å². The van der Waals surface area contributed by atoms with Gasteiger partial charge < -0.3 is 43.7 Å². The first-order valence-corrected chi connectivity index (χ1v) is 25.8. The highest BCUT2D eigenvalue weighted by molar-refractivity contribution is 5.96. The number of esters is 4. The van der Waals surface area contributed by atoms with Crippen molar-refractivity contribution in [3.05, 3.63) is 77.4 Å². The molecule has 7 rings (SSSR count). The Morgan fingerprint density at radius 2 is 1.61 bits per heavy atom. The molecule has 4 saturated heterocycles. The molecule has 17 nitrogen and oxygen atoms in total. The third-order valence-corrected chi connectivity index (χ3v) is 14.5. The van der Waals surface area contributed by atoms with E-state index in [9.17, 15) is 29.1 Å². The van der Waals surface area contributed by atoms with Crippen LogP contribution < -0.4 is 5.32 Å². The van der Waals surface area contributed by atoms with Crippen molar-refractivity contribution in [2.45, 2.75) is 192 Å². The van der Waals surface area contributed by atoms with Crippen LogP contribution in [0.5, 0.6) is 0 Å². The molecule has 5 aliphatic rings. The number of amides is 2. The van der Waals surface area contributed by atoms with Crippen LogP contribution >= 0.6 is 0 Å². The lowest BCUT2D eigenvalue weighted by Crippen LogP contribution is -2.70. The number of rotatable bonds is 23. The van der Waals surface area contributed by atoms with Crippen LogP contribution in [0.25, 0.3) is 6.08 Å². The summed E-state index contributed by atoms with van der Waals surface area (Å²) in [4.78, 5) is 91.6. The second kappa shape index (κ2) is 22.9. The molecular weight excluding hydrogens is 927 g/mol. The molecule has 2 amide bonds. The Morgan fingerprint density at radius 1 is 0.931 bits per heavy atom. The van der Waals surface area contributed by atoms with Crippen molar-refractivity contribution in [3.63, 3.8) is 0 Å². The van der Waals surface area contributed by atoms with E-state index >= 15 is 4.79 Å². The number of ether oxygens (including phenoxy) is 6. The van der Waals surface area contributed by atoms with Crippen LogP contribution in [0.15, 0.2) is 60.7 Å². The fraction of sp³-hybridized carbons (Fsp3) is 0.636. The van der Waals surface area contributed by atoms with Crippen molar-refractivity contribution < 1.29 is 67.1 Å². The minimum absolute atomic E-state index is 0.00799. The predicted molar refractivity (Wildman–Crippen MR) is 263 cm³/mol. The van der Waals surface area contributed by atoms with Crippen molar-refractivity contribution in [2.75, 3.05) is 20.3 Å². The Kier molecular flexibility index (Phi) is 17.4. The molecule has 2 aromatic rings. The van der Waals surface area contributed by atoms with E-state index in [1.807, 2.05) is 42.5 Å². The van der Waals surface area contributed by atoms with E-state index in [2.05, 4.69) is 19.2 Å². The van der Waals surface area contributed by atoms with Crippen molar-refractivity contribution in [1.29, 1.82) is 0 Å². The van der Waals surface area contributed by atoms with E-state index in [0.29, 0.717) is 24.0 Å². The van der Waals surface area contributed by atoms with Crippen LogP contribution in [0, 0.1) is 10.8 Å². The Labute approximate surface area is 423 Å². The third kappa shape index (κ3) is 12.2. The number of cyclic esters (lactones) is 1. The molecule has 0 spiro atoms. The number of nitrogens with zero attached hydrogens (tertiary/aromatic N) is 2. The number of hydrogen-bond donors (Lipinski definition) is 2. The zero-order valence-corrected chi connectivity index (χ0v) is 43.2. The van der Waals surface area contributed by atoms with E-state index in [1.54, 1.807) is 59.9 Å². The average molecular weight is 1000 g/mol. The largest absolute Gasteiger partial charge is 0.462 e. The molecule has 0 radical (unpaired) electrons. The van der Waals surface area contributed by atoms with Crippen LogP contribution in [0.4, 0.5) is 0 Å². The summed E-state index contributed by atoms with van der Waals surface area (Å²) in [5.74, 6) is -4.54. The monoisotopic (exact) mass is 1000 g/mol. The topological polar surface area (TPSA) is 206 Å². The Morgan fingerprint density at radius 3 is 2.25 bits per heavy atom. The van der Waals surface area contributed by atoms with Crippen LogP contribution in [-0.2, 0) is 75.0 Å². The number of fused-ring (bicyclic) bond motifs is 4. The summed E-state index contributed by atoms with van der Waals surface area (Å²) in [6, 6.07) is 13.2. The number of aliphatic hydroxyl groups is 1. The number of carbonyl (C=O) groups is 6. The van der Waals surface area contributed by atoms with Crippen LogP contribution in [0.3, 0.4) is 0 Å². The second-order valence-corrected chi connectivity index (χ2v) is 21.8. The summed E-state index contributed by atoms with van der Waals surface area (Å²) in [5.41, 5.74) is -0.963. The lowest BCUT2D eigenvalue weighted by atomic mass is 9.62. The molecule has 394 valence electrons. The number of hydroxylamine groups is 2. The number of carbonyl (C=O) groups excluding carboxylic acids is 6. The summed E-state index contributed by atoms with van der Waals surface area (Å²) in [6.07, 6.45) is 5.22. The average Bonchev–Trinajstić information content (AvgIpc) is 3.98. The van der Waals surface area contributed by atoms with Crippen molar-refractivity contribution in [1.82, 2.24) is 15.3 Å². The minimum Gasteiger partial charge on any atom is -0.462 e. The van der Waals surface area contributed by atoms with Gasteiger partial charge in [-0.25, -0.2) is 9.59 Å². The number of benzene rings is 2. The van der Waals surface area contributed by atoms with E-state index in [4.69, 9.17) is 33.3 Å². The highest BCUT2D eigenvalue weighted by atomic mass is 16.8. The molecule has 2 unspecified atom stereocenters. The number of aliphatic hydroxyl groups excluding tert-OH is 1. The normalized spacial score (nSPS) is 26.8. The maximum Gasteiger partial charge on any atom is 0.348 e. The first-order chi connectivity index (χ1) is 34.2. The Hall–Kier alpha value is -5.20. The molecule has 4 aliphatic heterocycles. The molecular formula is C55H75N3O14. The van der Waals surface area contributed by atoms with Gasteiger partial charge in [0.05, 0.1) is 19.2 Å². The summed E-state index contributed by atoms with van der Waals surface area (Å²) < 4.78 is 36.5. The SMILES string of the molecule is CCCCCC1(CCCCC)O[C@@H]2[C@H]3ON(Cc4cccc(C=CC(=O)O[C@H]5C(=O)OCC5(C)C)c4)[C@H]4C(=O)OC(CC34C(=O)N(C)[C@H](Cc3ccccc3)C(=O)N[C@H](CO)CCC(=O)OC(C)(C)C)[C@@H]2O1. The van der Waals surface area contributed by atoms with Gasteiger partial charge in [-0.2, -0.15) is 5.06 Å². The van der Waals surface area contributed by atoms with Gasteiger partial charge in [-0.3, -0.25) is 24.0 Å². The smallest absolute Gasteiger partial charge is 0.348 e. The maximum absolute atomic E-state index is 16.0.